The number of hydrogen-bond acceptors (Lipinski definition) is 17. The molecule has 3 aromatic heterocycles. The van der Waals surface area contributed by atoms with E-state index in [1.807, 2.05) is 63.2 Å². The van der Waals surface area contributed by atoms with Gasteiger partial charge in [-0.1, -0.05) is 63.2 Å². The van der Waals surface area contributed by atoms with Crippen molar-refractivity contribution in [1.82, 2.24) is 45.9 Å². The molecule has 24 heteroatoms. The van der Waals surface area contributed by atoms with Gasteiger partial charge in [-0.2, -0.15) is 5.10 Å². The third kappa shape index (κ3) is 19.2. The Kier molecular flexibility index (Phi) is 24.4. The standard InChI is InChI=1S/C66H85F2N11O11/c1-43(69-5)61(80)76-59(66(2,3)4)65(83)78-40-49-35-51(20-17-47(49)36-56(78)63(82)73-53-12-8-10-46-9-6-7-11-52(46)53)89-34-33-88-32-31-87-30-29-86-28-27-85-26-25-84-24-23-70-38-44-15-18-50(19-16-44)79-41-54(58(77-79)60(67)68)74-62(81)55-42-90-64(75-55)48-21-22-71-57(37-48)72-39-45-13-14-45/h6-7,9,11,15-22,35,37,41-43,45,53,56,59-60,69-70H,8,10,12-14,23-34,36,38-40H2,1-5H3,(H,71,72)(H,73,82)(H,74,81)(H,76,80)/t43?,53-,56+,59?/m1/s1. The SMILES string of the molecule is CNC(C)C(=O)NC(C(=O)N1Cc2cc(OCCOCCOCCOCCOCCOCCNCc3ccc(-n4cc(NC(=O)c5coc(-c6ccnc(NCC7CC7)c6)n5)c(C(F)F)n4)cc3)ccc2C[C@H]1C(=O)N[C@@H]1CCCc2ccccc21)C(C)(C)C. The van der Waals surface area contributed by atoms with Gasteiger partial charge < -0.3 is 69.6 Å². The average Bonchev–Trinajstić information content (AvgIpc) is 1.21. The maximum atomic E-state index is 14.7. The third-order valence-electron chi connectivity index (χ3n) is 16.0. The number of alkyl halides is 2. The Morgan fingerprint density at radius 3 is 2.19 bits per heavy atom. The lowest BCUT2D eigenvalue weighted by molar-refractivity contribution is -0.147. The van der Waals surface area contributed by atoms with Gasteiger partial charge in [0.15, 0.2) is 11.4 Å². The maximum absolute atomic E-state index is 14.7. The minimum atomic E-state index is -2.94. The number of oxazole rings is 1. The number of amides is 4. The Bertz CT molecular complexity index is 3300. The van der Waals surface area contributed by atoms with Gasteiger partial charge in [0.25, 0.3) is 12.3 Å². The molecule has 3 aromatic carbocycles. The predicted octanol–water partition coefficient (Wildman–Crippen LogP) is 7.77. The number of rotatable bonds is 35. The monoisotopic (exact) mass is 1250 g/mol. The number of nitrogens with zero attached hydrogens (tertiary/aromatic N) is 5. The highest BCUT2D eigenvalue weighted by atomic mass is 19.3. The molecule has 2 aliphatic carbocycles. The summed E-state index contributed by atoms with van der Waals surface area (Å²) in [6, 6.07) is 22.3. The number of nitrogens with one attached hydrogen (secondary N) is 6. The number of benzene rings is 3. The first-order valence-electron chi connectivity index (χ1n) is 31.1. The van der Waals surface area contributed by atoms with E-state index in [-0.39, 0.29) is 47.6 Å². The van der Waals surface area contributed by atoms with Crippen molar-refractivity contribution in [3.8, 4) is 22.9 Å². The number of pyridine rings is 1. The van der Waals surface area contributed by atoms with E-state index in [1.54, 1.807) is 49.3 Å². The molecule has 4 atom stereocenters. The fraction of sp³-hybridized carbons (Fsp3) is 0.500. The molecular formula is C66H85F2N11O11. The van der Waals surface area contributed by atoms with Gasteiger partial charge in [0.2, 0.25) is 23.6 Å². The van der Waals surface area contributed by atoms with Crippen molar-refractivity contribution in [3.63, 3.8) is 0 Å². The highest BCUT2D eigenvalue weighted by Gasteiger charge is 2.43. The van der Waals surface area contributed by atoms with Crippen LogP contribution in [-0.2, 0) is 64.0 Å². The Labute approximate surface area is 524 Å². The number of carbonyl (C=O) groups excluding carboxylic acids is 4. The van der Waals surface area contributed by atoms with Crippen molar-refractivity contribution in [2.45, 2.75) is 110 Å². The number of anilines is 2. The zero-order chi connectivity index (χ0) is 63.4. The summed E-state index contributed by atoms with van der Waals surface area (Å²) >= 11 is 0. The minimum Gasteiger partial charge on any atom is -0.491 e. The maximum Gasteiger partial charge on any atom is 0.284 e. The Morgan fingerprint density at radius 1 is 0.800 bits per heavy atom. The van der Waals surface area contributed by atoms with Crippen LogP contribution in [0.15, 0.2) is 102 Å². The molecule has 2 unspecified atom stereocenters. The summed E-state index contributed by atoms with van der Waals surface area (Å²) in [5.41, 5.74) is 4.83. The molecule has 0 saturated heterocycles. The van der Waals surface area contributed by atoms with Crippen molar-refractivity contribution in [2.24, 2.45) is 11.3 Å². The Balaban J connectivity index is 0.601. The lowest BCUT2D eigenvalue weighted by Crippen LogP contribution is -2.62. The van der Waals surface area contributed by atoms with E-state index >= 15 is 0 Å². The lowest BCUT2D eigenvalue weighted by atomic mass is 9.83. The Morgan fingerprint density at radius 2 is 1.50 bits per heavy atom. The van der Waals surface area contributed by atoms with E-state index < -0.39 is 41.6 Å². The molecule has 1 saturated carbocycles. The number of carbonyl (C=O) groups is 4. The van der Waals surface area contributed by atoms with Crippen LogP contribution in [0.4, 0.5) is 20.3 Å². The number of aromatic nitrogens is 4. The van der Waals surface area contributed by atoms with Gasteiger partial charge in [0.05, 0.1) is 95.7 Å². The van der Waals surface area contributed by atoms with Gasteiger partial charge in [-0.15, -0.1) is 0 Å². The average molecular weight is 1250 g/mol. The van der Waals surface area contributed by atoms with Gasteiger partial charge in [-0.3, -0.25) is 19.2 Å². The topological polar surface area (TPSA) is 256 Å². The van der Waals surface area contributed by atoms with Crippen molar-refractivity contribution < 1.29 is 60.8 Å². The summed E-state index contributed by atoms with van der Waals surface area (Å²) in [6.07, 6.45) is 6.64. The van der Waals surface area contributed by atoms with Crippen LogP contribution in [-0.4, -0.2) is 159 Å². The zero-order valence-corrected chi connectivity index (χ0v) is 52.0. The quantitative estimate of drug-likeness (QED) is 0.0208. The number of hydrogen-bond donors (Lipinski definition) is 6. The first-order chi connectivity index (χ1) is 43.6. The second-order valence-electron chi connectivity index (χ2n) is 23.8. The Hall–Kier alpha value is -7.71. The van der Waals surface area contributed by atoms with Crippen LogP contribution in [0.2, 0.25) is 0 Å². The van der Waals surface area contributed by atoms with Gasteiger partial charge in [0.1, 0.15) is 36.5 Å². The van der Waals surface area contributed by atoms with E-state index in [0.717, 1.165) is 48.1 Å². The summed E-state index contributed by atoms with van der Waals surface area (Å²) < 4.78 is 69.5. The van der Waals surface area contributed by atoms with E-state index in [4.69, 9.17) is 32.8 Å². The normalized spacial score (nSPS) is 16.2. The third-order valence-corrected chi connectivity index (χ3v) is 16.0. The second-order valence-corrected chi connectivity index (χ2v) is 23.8. The number of halogens is 2. The van der Waals surface area contributed by atoms with Gasteiger partial charge in [0, 0.05) is 44.4 Å². The molecule has 1 fully saturated rings. The van der Waals surface area contributed by atoms with Crippen LogP contribution in [0, 0.1) is 11.3 Å². The molecule has 6 aromatic rings. The molecule has 484 valence electrons. The first-order valence-corrected chi connectivity index (χ1v) is 31.1. The van der Waals surface area contributed by atoms with E-state index in [0.29, 0.717) is 121 Å². The molecule has 0 spiro atoms. The molecule has 4 amide bonds. The number of likely N-dealkylation sites (N-methyl/N-ethyl adjacent to an activating group) is 1. The van der Waals surface area contributed by atoms with Crippen LogP contribution in [0.3, 0.4) is 0 Å². The lowest BCUT2D eigenvalue weighted by Gasteiger charge is -2.41. The van der Waals surface area contributed by atoms with Crippen LogP contribution in [0.5, 0.6) is 5.75 Å². The van der Waals surface area contributed by atoms with E-state index in [9.17, 15) is 28.0 Å². The van der Waals surface area contributed by atoms with Crippen LogP contribution >= 0.6 is 0 Å². The number of fused-ring (bicyclic) bond motifs is 2. The molecular weight excluding hydrogens is 1160 g/mol. The molecule has 9 rings (SSSR count). The highest BCUT2D eigenvalue weighted by Crippen LogP contribution is 2.35. The molecule has 90 heavy (non-hydrogen) atoms. The summed E-state index contributed by atoms with van der Waals surface area (Å²) in [5.74, 6) is 0.584. The molecule has 0 radical (unpaired) electrons. The van der Waals surface area contributed by atoms with Crippen molar-refractivity contribution in [2.75, 3.05) is 103 Å². The van der Waals surface area contributed by atoms with Gasteiger partial charge in [-0.25, -0.2) is 23.4 Å². The van der Waals surface area contributed by atoms with Crippen molar-refractivity contribution in [3.05, 3.63) is 137 Å². The summed E-state index contributed by atoms with van der Waals surface area (Å²) in [5, 5.41) is 22.4. The van der Waals surface area contributed by atoms with Crippen molar-refractivity contribution in [1.29, 1.82) is 0 Å². The molecule has 3 aliphatic rings. The fourth-order valence-corrected chi connectivity index (χ4v) is 10.5. The van der Waals surface area contributed by atoms with Crippen molar-refractivity contribution >= 4 is 35.1 Å². The van der Waals surface area contributed by atoms with Gasteiger partial charge >= 0.3 is 0 Å². The minimum absolute atomic E-state index is 0.0749. The molecule has 6 N–H and O–H groups in total. The molecule has 4 heterocycles. The summed E-state index contributed by atoms with van der Waals surface area (Å²) in [7, 11) is 1.69. The van der Waals surface area contributed by atoms with Gasteiger partial charge in [-0.05, 0) is 122 Å². The summed E-state index contributed by atoms with van der Waals surface area (Å²) in [6.45, 7) is 14.0. The molecule has 0 bridgehead atoms. The van der Waals surface area contributed by atoms with Crippen LogP contribution < -0.4 is 36.6 Å². The van der Waals surface area contributed by atoms with Crippen LogP contribution in [0.1, 0.15) is 110 Å². The van der Waals surface area contributed by atoms with E-state index in [1.165, 1.54) is 35.5 Å². The smallest absolute Gasteiger partial charge is 0.284 e. The molecule has 1 aliphatic heterocycles. The first kappa shape index (κ1) is 66.7. The second kappa shape index (κ2) is 32.9. The number of aryl methyl sites for hydroxylation is 1. The fourth-order valence-electron chi connectivity index (χ4n) is 10.5. The summed E-state index contributed by atoms with van der Waals surface area (Å²) in [4.78, 5) is 65.6. The number of ether oxygens (including phenoxy) is 6. The van der Waals surface area contributed by atoms with E-state index in [2.05, 4.69) is 59.1 Å². The molecule has 22 nitrogen and oxygen atoms in total. The largest absolute Gasteiger partial charge is 0.491 e. The highest BCUT2D eigenvalue weighted by molar-refractivity contribution is 6.03. The zero-order valence-electron chi connectivity index (χ0n) is 52.0. The predicted molar refractivity (Wildman–Crippen MR) is 333 cm³/mol. The van der Waals surface area contributed by atoms with Crippen LogP contribution in [0.25, 0.3) is 17.1 Å².